The van der Waals surface area contributed by atoms with E-state index in [0.29, 0.717) is 11.5 Å². The highest BCUT2D eigenvalue weighted by molar-refractivity contribution is 14.1. The van der Waals surface area contributed by atoms with Crippen LogP contribution in [0.2, 0.25) is 0 Å². The number of carbonyl (C=O) groups is 1. The second-order valence-corrected chi connectivity index (χ2v) is 5.44. The number of amides is 1. The van der Waals surface area contributed by atoms with Crippen molar-refractivity contribution in [1.29, 1.82) is 0 Å². The molecule has 0 atom stereocenters. The van der Waals surface area contributed by atoms with E-state index >= 15 is 0 Å². The molecule has 0 radical (unpaired) electrons. The molecule has 0 aromatic carbocycles. The quantitative estimate of drug-likeness (QED) is 0.812. The zero-order valence-electron chi connectivity index (χ0n) is 9.53. The lowest BCUT2D eigenvalue weighted by Crippen LogP contribution is -2.15. The Labute approximate surface area is 118 Å². The van der Waals surface area contributed by atoms with Gasteiger partial charge in [-0.2, -0.15) is 5.10 Å². The van der Waals surface area contributed by atoms with E-state index in [1.807, 2.05) is 12.1 Å². The molecule has 6 heteroatoms. The number of nitrogens with zero attached hydrogens (tertiary/aromatic N) is 2. The summed E-state index contributed by atoms with van der Waals surface area (Å²) in [4.78, 5) is 16.2. The number of fused-ring (bicyclic) bond motifs is 1. The number of rotatable bonds is 2. The van der Waals surface area contributed by atoms with Crippen LogP contribution in [0, 0.1) is 3.57 Å². The third-order valence-electron chi connectivity index (χ3n) is 2.99. The molecule has 0 unspecified atom stereocenters. The van der Waals surface area contributed by atoms with E-state index in [-0.39, 0.29) is 5.91 Å². The van der Waals surface area contributed by atoms with E-state index in [0.717, 1.165) is 34.1 Å². The predicted molar refractivity (Wildman–Crippen MR) is 75.5 cm³/mol. The molecular weight excluding hydrogens is 343 g/mol. The molecule has 0 saturated carbocycles. The molecule has 2 aromatic heterocycles. The third-order valence-corrected chi connectivity index (χ3v) is 3.66. The van der Waals surface area contributed by atoms with Gasteiger partial charge in [0.25, 0.3) is 5.91 Å². The highest BCUT2D eigenvalue weighted by Crippen LogP contribution is 2.23. The summed E-state index contributed by atoms with van der Waals surface area (Å²) in [5.74, 6) is 0.366. The average molecular weight is 354 g/mol. The minimum atomic E-state index is -0.191. The molecule has 18 heavy (non-hydrogen) atoms. The number of H-pyrrole nitrogens is 1. The number of anilines is 1. The number of aromatic nitrogens is 3. The Morgan fingerprint density at radius 3 is 3.17 bits per heavy atom. The largest absolute Gasteiger partial charge is 0.305 e. The van der Waals surface area contributed by atoms with Gasteiger partial charge in [0.05, 0.1) is 0 Å². The zero-order chi connectivity index (χ0) is 12.5. The number of halogens is 1. The van der Waals surface area contributed by atoms with E-state index < -0.39 is 0 Å². The molecule has 1 aliphatic carbocycles. The fourth-order valence-electron chi connectivity index (χ4n) is 2.16. The van der Waals surface area contributed by atoms with Gasteiger partial charge in [-0.05, 0) is 54.0 Å². The topological polar surface area (TPSA) is 70.7 Å². The fraction of sp³-hybridized carbons (Fsp3) is 0.250. The Hall–Kier alpha value is -1.44. The van der Waals surface area contributed by atoms with Crippen LogP contribution in [0.4, 0.5) is 5.82 Å². The Kier molecular flexibility index (Phi) is 3.02. The van der Waals surface area contributed by atoms with Crippen LogP contribution in [0.3, 0.4) is 0 Å². The van der Waals surface area contributed by atoms with Crippen molar-refractivity contribution in [3.05, 3.63) is 38.9 Å². The van der Waals surface area contributed by atoms with Gasteiger partial charge in [-0.3, -0.25) is 9.89 Å². The molecule has 0 bridgehead atoms. The van der Waals surface area contributed by atoms with Crippen LogP contribution in [-0.4, -0.2) is 21.1 Å². The molecular formula is C12H11IN4O. The SMILES string of the molecule is O=C(Nc1cc(I)ccn1)c1n[nH]c2c1CCC2. The molecule has 2 aromatic rings. The van der Waals surface area contributed by atoms with Crippen molar-refractivity contribution in [3.8, 4) is 0 Å². The summed E-state index contributed by atoms with van der Waals surface area (Å²) < 4.78 is 1.03. The second-order valence-electron chi connectivity index (χ2n) is 4.20. The van der Waals surface area contributed by atoms with Crippen LogP contribution in [-0.2, 0) is 12.8 Å². The Morgan fingerprint density at radius 1 is 1.44 bits per heavy atom. The van der Waals surface area contributed by atoms with E-state index in [1.54, 1.807) is 6.20 Å². The second kappa shape index (κ2) is 4.68. The number of pyridine rings is 1. The summed E-state index contributed by atoms with van der Waals surface area (Å²) in [6, 6.07) is 3.70. The van der Waals surface area contributed by atoms with Crippen LogP contribution < -0.4 is 5.32 Å². The summed E-state index contributed by atoms with van der Waals surface area (Å²) in [6.45, 7) is 0. The van der Waals surface area contributed by atoms with Gasteiger partial charge in [0.15, 0.2) is 5.69 Å². The molecule has 1 amide bonds. The van der Waals surface area contributed by atoms with E-state index in [1.165, 1.54) is 0 Å². The maximum atomic E-state index is 12.1. The van der Waals surface area contributed by atoms with Crippen molar-refractivity contribution in [2.24, 2.45) is 0 Å². The van der Waals surface area contributed by atoms with E-state index in [2.05, 4.69) is 43.1 Å². The molecule has 5 nitrogen and oxygen atoms in total. The lowest BCUT2D eigenvalue weighted by atomic mass is 10.2. The van der Waals surface area contributed by atoms with Gasteiger partial charge in [0.1, 0.15) is 5.82 Å². The molecule has 0 spiro atoms. The van der Waals surface area contributed by atoms with Crippen molar-refractivity contribution in [2.75, 3.05) is 5.32 Å². The highest BCUT2D eigenvalue weighted by atomic mass is 127. The first-order valence-electron chi connectivity index (χ1n) is 5.73. The minimum Gasteiger partial charge on any atom is -0.305 e. The van der Waals surface area contributed by atoms with Gasteiger partial charge in [-0.25, -0.2) is 4.98 Å². The number of carbonyl (C=O) groups excluding carboxylic acids is 1. The van der Waals surface area contributed by atoms with E-state index in [4.69, 9.17) is 0 Å². The lowest BCUT2D eigenvalue weighted by Gasteiger charge is -2.03. The van der Waals surface area contributed by atoms with Gasteiger partial charge < -0.3 is 5.32 Å². The van der Waals surface area contributed by atoms with Gasteiger partial charge in [-0.15, -0.1) is 0 Å². The van der Waals surface area contributed by atoms with Crippen LogP contribution >= 0.6 is 22.6 Å². The van der Waals surface area contributed by atoms with Crippen molar-refractivity contribution >= 4 is 34.3 Å². The van der Waals surface area contributed by atoms with Crippen LogP contribution in [0.15, 0.2) is 18.3 Å². The van der Waals surface area contributed by atoms with Gasteiger partial charge in [0, 0.05) is 21.0 Å². The first-order valence-corrected chi connectivity index (χ1v) is 6.81. The minimum absolute atomic E-state index is 0.191. The van der Waals surface area contributed by atoms with Crippen molar-refractivity contribution < 1.29 is 4.79 Å². The normalized spacial score (nSPS) is 13.4. The number of aryl methyl sites for hydroxylation is 1. The fourth-order valence-corrected chi connectivity index (χ4v) is 2.61. The Bertz CT molecular complexity index is 608. The van der Waals surface area contributed by atoms with Crippen molar-refractivity contribution in [3.63, 3.8) is 0 Å². The summed E-state index contributed by atoms with van der Waals surface area (Å²) in [5.41, 5.74) is 2.65. The summed E-state index contributed by atoms with van der Waals surface area (Å²) in [5, 5.41) is 9.80. The lowest BCUT2D eigenvalue weighted by molar-refractivity contribution is 0.102. The Morgan fingerprint density at radius 2 is 2.33 bits per heavy atom. The molecule has 3 rings (SSSR count). The molecule has 0 aliphatic heterocycles. The summed E-state index contributed by atoms with van der Waals surface area (Å²) in [6.07, 6.45) is 4.67. The van der Waals surface area contributed by atoms with Gasteiger partial charge in [0.2, 0.25) is 0 Å². The highest BCUT2D eigenvalue weighted by Gasteiger charge is 2.23. The first-order chi connectivity index (χ1) is 8.74. The number of nitrogens with one attached hydrogen (secondary N) is 2. The standard InChI is InChI=1S/C12H11IN4O/c13-7-4-5-14-10(6-7)15-12(18)11-8-2-1-3-9(8)16-17-11/h4-6H,1-3H2,(H,16,17)(H,14,15,18). The molecule has 1 aliphatic rings. The maximum absolute atomic E-state index is 12.1. The van der Waals surface area contributed by atoms with Crippen LogP contribution in [0.25, 0.3) is 0 Å². The predicted octanol–water partition coefficient (Wildman–Crippen LogP) is 2.15. The number of hydrogen-bond donors (Lipinski definition) is 2. The molecule has 2 heterocycles. The third kappa shape index (κ3) is 2.12. The maximum Gasteiger partial charge on any atom is 0.277 e. The molecule has 0 fully saturated rings. The molecule has 0 saturated heterocycles. The first kappa shape index (κ1) is 11.6. The van der Waals surface area contributed by atoms with Crippen LogP contribution in [0.5, 0.6) is 0 Å². The summed E-state index contributed by atoms with van der Waals surface area (Å²) in [7, 11) is 0. The Balaban J connectivity index is 1.83. The number of hydrogen-bond acceptors (Lipinski definition) is 3. The zero-order valence-corrected chi connectivity index (χ0v) is 11.7. The number of aromatic amines is 1. The van der Waals surface area contributed by atoms with Crippen LogP contribution in [0.1, 0.15) is 28.2 Å². The van der Waals surface area contributed by atoms with Crippen molar-refractivity contribution in [1.82, 2.24) is 15.2 Å². The van der Waals surface area contributed by atoms with E-state index in [9.17, 15) is 4.79 Å². The smallest absolute Gasteiger partial charge is 0.277 e. The molecule has 2 N–H and O–H groups in total. The van der Waals surface area contributed by atoms with Gasteiger partial charge in [-0.1, -0.05) is 0 Å². The molecule has 92 valence electrons. The average Bonchev–Trinajstić information content (AvgIpc) is 2.89. The monoisotopic (exact) mass is 354 g/mol. The van der Waals surface area contributed by atoms with Gasteiger partial charge >= 0.3 is 0 Å². The summed E-state index contributed by atoms with van der Waals surface area (Å²) >= 11 is 2.18. The van der Waals surface area contributed by atoms with Crippen molar-refractivity contribution in [2.45, 2.75) is 19.3 Å².